The van der Waals surface area contributed by atoms with Crippen LogP contribution < -0.4 is 0 Å². The molecule has 1 rings (SSSR count). The average Bonchev–Trinajstić information content (AvgIpc) is 2.45. The Morgan fingerprint density at radius 1 is 1.21 bits per heavy atom. The van der Waals surface area contributed by atoms with Gasteiger partial charge in [-0.3, -0.25) is 0 Å². The minimum Gasteiger partial charge on any atom is -0.394 e. The molecule has 0 aliphatic carbocycles. The summed E-state index contributed by atoms with van der Waals surface area (Å²) in [5.74, 6) is 0. The van der Waals surface area contributed by atoms with Gasteiger partial charge >= 0.3 is 0 Å². The van der Waals surface area contributed by atoms with Gasteiger partial charge in [0.2, 0.25) is 0 Å². The second-order valence-electron chi connectivity index (χ2n) is 4.43. The molecule has 0 saturated carbocycles. The summed E-state index contributed by atoms with van der Waals surface area (Å²) in [7, 11) is 0. The van der Waals surface area contributed by atoms with Gasteiger partial charge in [0.15, 0.2) is 11.9 Å². The quantitative estimate of drug-likeness (QED) is 0.370. The third-order valence-corrected chi connectivity index (χ3v) is 3.22. The van der Waals surface area contributed by atoms with Crippen LogP contribution in [0.2, 0.25) is 0 Å². The van der Waals surface area contributed by atoms with E-state index in [1.54, 1.807) is 13.0 Å². The Bertz CT molecular complexity index is 325. The smallest absolute Gasteiger partial charge is 0.188 e. The second kappa shape index (κ2) is 6.58. The Morgan fingerprint density at radius 2 is 1.84 bits per heavy atom. The van der Waals surface area contributed by atoms with Gasteiger partial charge in [-0.25, -0.2) is 0 Å². The predicted molar refractivity (Wildman–Crippen MR) is 60.6 cm³/mol. The maximum Gasteiger partial charge on any atom is 0.188 e. The molecular formula is C11H19NO7. The Morgan fingerprint density at radius 3 is 2.26 bits per heavy atom. The van der Waals surface area contributed by atoms with Crippen LogP contribution in [0.3, 0.4) is 0 Å². The molecule has 0 bridgehead atoms. The van der Waals surface area contributed by atoms with Crippen LogP contribution in [0.1, 0.15) is 13.3 Å². The van der Waals surface area contributed by atoms with Crippen molar-refractivity contribution < 1.29 is 35.0 Å². The van der Waals surface area contributed by atoms with Crippen LogP contribution in [0.4, 0.5) is 0 Å². The minimum atomic E-state index is -1.59. The van der Waals surface area contributed by atoms with Gasteiger partial charge in [0.1, 0.15) is 30.5 Å². The zero-order valence-corrected chi connectivity index (χ0v) is 10.5. The van der Waals surface area contributed by atoms with Crippen molar-refractivity contribution in [3.05, 3.63) is 0 Å². The summed E-state index contributed by atoms with van der Waals surface area (Å²) in [6, 6.07) is 1.77. The van der Waals surface area contributed by atoms with Gasteiger partial charge in [-0.2, -0.15) is 5.26 Å². The number of aliphatic hydroxyl groups is 5. The lowest BCUT2D eigenvalue weighted by Gasteiger charge is -2.42. The summed E-state index contributed by atoms with van der Waals surface area (Å²) in [6.07, 6.45) is -7.08. The van der Waals surface area contributed by atoms with Crippen LogP contribution in [-0.2, 0) is 9.47 Å². The molecule has 0 amide bonds. The van der Waals surface area contributed by atoms with E-state index in [1.165, 1.54) is 0 Å². The fourth-order valence-corrected chi connectivity index (χ4v) is 1.76. The van der Waals surface area contributed by atoms with Gasteiger partial charge in [0, 0.05) is 0 Å². The summed E-state index contributed by atoms with van der Waals surface area (Å²) < 4.78 is 10.3. The van der Waals surface area contributed by atoms with Crippen LogP contribution in [0.15, 0.2) is 0 Å². The number of aliphatic hydroxyl groups excluding tert-OH is 5. The molecule has 0 spiro atoms. The lowest BCUT2D eigenvalue weighted by Crippen LogP contribution is -2.61. The molecule has 1 saturated heterocycles. The molecule has 110 valence electrons. The Balaban J connectivity index is 2.85. The molecule has 1 aliphatic heterocycles. The van der Waals surface area contributed by atoms with Gasteiger partial charge in [0.05, 0.1) is 13.2 Å². The first kappa shape index (κ1) is 16.3. The highest BCUT2D eigenvalue weighted by atomic mass is 16.7. The number of rotatable bonds is 5. The molecule has 5 N–H and O–H groups in total. The van der Waals surface area contributed by atoms with Gasteiger partial charge in [-0.15, -0.1) is 0 Å². The van der Waals surface area contributed by atoms with Crippen molar-refractivity contribution in [3.63, 3.8) is 0 Å². The standard InChI is InChI=1S/C11H19NO7/c1-2-11(4-12,5-14)19-10-9(17)8(16)7(15)6(3-13)18-10/h6-10,13-17H,2-3,5H2,1H3. The maximum atomic E-state index is 9.74. The van der Waals surface area contributed by atoms with Crippen molar-refractivity contribution in [3.8, 4) is 6.07 Å². The number of hydrogen-bond donors (Lipinski definition) is 5. The molecule has 6 atom stereocenters. The molecule has 1 fully saturated rings. The number of ether oxygens (including phenoxy) is 2. The van der Waals surface area contributed by atoms with Crippen LogP contribution in [-0.4, -0.2) is 75.1 Å². The SMILES string of the molecule is CCC(C#N)(CO)OC1OC(CO)C(O)C(O)C1O. The minimum absolute atomic E-state index is 0.134. The van der Waals surface area contributed by atoms with Crippen LogP contribution in [0.5, 0.6) is 0 Å². The van der Waals surface area contributed by atoms with Crippen molar-refractivity contribution in [1.29, 1.82) is 5.26 Å². The number of nitrogens with zero attached hydrogens (tertiary/aromatic N) is 1. The molecule has 8 nitrogen and oxygen atoms in total. The largest absolute Gasteiger partial charge is 0.394 e. The fourth-order valence-electron chi connectivity index (χ4n) is 1.76. The van der Waals surface area contributed by atoms with E-state index in [-0.39, 0.29) is 6.42 Å². The van der Waals surface area contributed by atoms with E-state index in [4.69, 9.17) is 19.8 Å². The molecule has 1 aliphatic rings. The Hall–Kier alpha value is -0.790. The third kappa shape index (κ3) is 3.21. The van der Waals surface area contributed by atoms with Gasteiger partial charge in [-0.1, -0.05) is 6.92 Å². The summed E-state index contributed by atoms with van der Waals surface area (Å²) >= 11 is 0. The average molecular weight is 277 g/mol. The van der Waals surface area contributed by atoms with E-state index in [2.05, 4.69) is 0 Å². The van der Waals surface area contributed by atoms with E-state index in [0.29, 0.717) is 0 Å². The Kier molecular flexibility index (Phi) is 5.64. The van der Waals surface area contributed by atoms with Crippen molar-refractivity contribution in [2.45, 2.75) is 49.7 Å². The van der Waals surface area contributed by atoms with Crippen LogP contribution >= 0.6 is 0 Å². The summed E-state index contributed by atoms with van der Waals surface area (Å²) in [4.78, 5) is 0. The number of hydrogen-bond acceptors (Lipinski definition) is 8. The van der Waals surface area contributed by atoms with Crippen molar-refractivity contribution in [2.75, 3.05) is 13.2 Å². The summed E-state index contributed by atoms with van der Waals surface area (Å²) in [5, 5.41) is 56.1. The molecule has 0 aromatic heterocycles. The zero-order chi connectivity index (χ0) is 14.6. The van der Waals surface area contributed by atoms with Crippen LogP contribution in [0, 0.1) is 11.3 Å². The third-order valence-electron chi connectivity index (χ3n) is 3.22. The number of nitriles is 1. The molecule has 6 unspecified atom stereocenters. The second-order valence-corrected chi connectivity index (χ2v) is 4.43. The molecule has 0 aromatic carbocycles. The molecular weight excluding hydrogens is 258 g/mol. The normalized spacial score (nSPS) is 38.5. The maximum absolute atomic E-state index is 9.74. The topological polar surface area (TPSA) is 143 Å². The Labute approximate surface area is 110 Å². The zero-order valence-electron chi connectivity index (χ0n) is 10.5. The van der Waals surface area contributed by atoms with Crippen LogP contribution in [0.25, 0.3) is 0 Å². The highest BCUT2D eigenvalue weighted by molar-refractivity contribution is 5.02. The first-order valence-corrected chi connectivity index (χ1v) is 5.95. The van der Waals surface area contributed by atoms with E-state index < -0.39 is 49.5 Å². The first-order chi connectivity index (χ1) is 8.94. The van der Waals surface area contributed by atoms with Gasteiger partial charge in [0.25, 0.3) is 0 Å². The molecule has 0 radical (unpaired) electrons. The lowest BCUT2D eigenvalue weighted by atomic mass is 9.98. The van der Waals surface area contributed by atoms with Gasteiger partial charge < -0.3 is 35.0 Å². The molecule has 19 heavy (non-hydrogen) atoms. The van der Waals surface area contributed by atoms with Gasteiger partial charge in [-0.05, 0) is 6.42 Å². The first-order valence-electron chi connectivity index (χ1n) is 5.95. The lowest BCUT2D eigenvalue weighted by molar-refractivity contribution is -0.322. The summed E-state index contributed by atoms with van der Waals surface area (Å²) in [6.45, 7) is 0.397. The van der Waals surface area contributed by atoms with E-state index in [0.717, 1.165) is 0 Å². The highest BCUT2D eigenvalue weighted by Gasteiger charge is 2.47. The van der Waals surface area contributed by atoms with Crippen molar-refractivity contribution >= 4 is 0 Å². The fraction of sp³-hybridized carbons (Fsp3) is 0.909. The molecule has 8 heteroatoms. The van der Waals surface area contributed by atoms with Crippen molar-refractivity contribution in [1.82, 2.24) is 0 Å². The van der Waals surface area contributed by atoms with E-state index in [9.17, 15) is 20.4 Å². The van der Waals surface area contributed by atoms with Crippen molar-refractivity contribution in [2.24, 2.45) is 0 Å². The predicted octanol–water partition coefficient (Wildman–Crippen LogP) is -2.53. The summed E-state index contributed by atoms with van der Waals surface area (Å²) in [5.41, 5.74) is -1.58. The van der Waals surface area contributed by atoms with E-state index in [1.807, 2.05) is 0 Å². The highest BCUT2D eigenvalue weighted by Crippen LogP contribution is 2.26. The molecule has 0 aromatic rings. The molecule has 1 heterocycles. The monoisotopic (exact) mass is 277 g/mol. The van der Waals surface area contributed by atoms with E-state index >= 15 is 0 Å².